The van der Waals surface area contributed by atoms with Crippen molar-refractivity contribution >= 4 is 22.9 Å². The number of halogens is 1. The predicted molar refractivity (Wildman–Crippen MR) is 102 cm³/mol. The van der Waals surface area contributed by atoms with Crippen molar-refractivity contribution in [1.29, 1.82) is 0 Å². The first-order chi connectivity index (χ1) is 12.1. The van der Waals surface area contributed by atoms with Gasteiger partial charge in [0.05, 0.1) is 17.1 Å². The van der Waals surface area contributed by atoms with E-state index in [0.29, 0.717) is 5.02 Å². The van der Waals surface area contributed by atoms with Gasteiger partial charge in [-0.2, -0.15) is 0 Å². The Hall–Kier alpha value is -2.50. The Labute approximate surface area is 154 Å². The van der Waals surface area contributed by atoms with Gasteiger partial charge in [-0.3, -0.25) is 0 Å². The zero-order valence-corrected chi connectivity index (χ0v) is 15.3. The molecule has 0 fully saturated rings. The van der Waals surface area contributed by atoms with Crippen LogP contribution >= 0.6 is 22.9 Å². The molecule has 0 saturated heterocycles. The molecule has 25 heavy (non-hydrogen) atoms. The molecule has 4 aromatic rings. The van der Waals surface area contributed by atoms with Crippen LogP contribution in [-0.4, -0.2) is 20.0 Å². The minimum atomic E-state index is 0.671. The van der Waals surface area contributed by atoms with Gasteiger partial charge in [0, 0.05) is 16.0 Å². The average Bonchev–Trinajstić information content (AvgIpc) is 3.22. The first kappa shape index (κ1) is 16.0. The fourth-order valence-corrected chi connectivity index (χ4v) is 3.67. The Bertz CT molecular complexity index is 1030. The third kappa shape index (κ3) is 3.08. The summed E-state index contributed by atoms with van der Waals surface area (Å²) in [6.07, 6.45) is 0. The van der Waals surface area contributed by atoms with E-state index in [1.807, 2.05) is 31.2 Å². The van der Waals surface area contributed by atoms with Crippen LogP contribution in [0.3, 0.4) is 0 Å². The maximum Gasteiger partial charge on any atom is 0.146 e. The zero-order valence-electron chi connectivity index (χ0n) is 13.8. The summed E-state index contributed by atoms with van der Waals surface area (Å²) in [5.41, 5.74) is 5.92. The molecule has 4 nitrogen and oxygen atoms in total. The molecule has 0 unspecified atom stereocenters. The Balaban J connectivity index is 1.71. The van der Waals surface area contributed by atoms with Crippen LogP contribution in [0.1, 0.15) is 11.3 Å². The average molecular weight is 367 g/mol. The molecule has 0 saturated carbocycles. The first-order valence-corrected chi connectivity index (χ1v) is 9.09. The molecule has 2 aromatic heterocycles. The van der Waals surface area contributed by atoms with Crippen LogP contribution in [0.4, 0.5) is 0 Å². The molecule has 0 amide bonds. The molecule has 0 aliphatic heterocycles. The molecule has 0 bridgehead atoms. The molecule has 124 valence electrons. The summed E-state index contributed by atoms with van der Waals surface area (Å²) in [5, 5.41) is 12.2. The van der Waals surface area contributed by atoms with Crippen molar-refractivity contribution in [2.75, 3.05) is 0 Å². The van der Waals surface area contributed by atoms with Gasteiger partial charge in [-0.25, -0.2) is 9.67 Å². The molecule has 2 aromatic carbocycles. The Morgan fingerprint density at radius 1 is 1.04 bits per heavy atom. The molecule has 0 atom stereocenters. The lowest BCUT2D eigenvalue weighted by molar-refractivity contribution is 0.785. The van der Waals surface area contributed by atoms with Crippen molar-refractivity contribution in [1.82, 2.24) is 20.0 Å². The highest BCUT2D eigenvalue weighted by molar-refractivity contribution is 7.13. The monoisotopic (exact) mass is 366 g/mol. The van der Waals surface area contributed by atoms with Crippen molar-refractivity contribution in [3.8, 4) is 27.6 Å². The lowest BCUT2D eigenvalue weighted by Gasteiger charge is -2.03. The second-order valence-corrected chi connectivity index (χ2v) is 7.11. The van der Waals surface area contributed by atoms with Crippen molar-refractivity contribution < 1.29 is 0 Å². The molecule has 0 spiro atoms. The minimum Gasteiger partial charge on any atom is -0.234 e. The fraction of sp³-hybridized carbons (Fsp3) is 0.105. The zero-order chi connectivity index (χ0) is 17.4. The van der Waals surface area contributed by atoms with Gasteiger partial charge in [0.1, 0.15) is 10.7 Å². The van der Waals surface area contributed by atoms with Gasteiger partial charge in [0.25, 0.3) is 0 Å². The van der Waals surface area contributed by atoms with Gasteiger partial charge in [-0.05, 0) is 32.0 Å². The maximum atomic E-state index is 6.08. The summed E-state index contributed by atoms with van der Waals surface area (Å²) < 4.78 is 1.79. The van der Waals surface area contributed by atoms with Crippen LogP contribution in [0.15, 0.2) is 53.9 Å². The topological polar surface area (TPSA) is 43.6 Å². The van der Waals surface area contributed by atoms with E-state index in [0.717, 1.165) is 33.3 Å². The lowest BCUT2D eigenvalue weighted by atomic mass is 10.1. The number of benzene rings is 2. The molecule has 4 rings (SSSR count). The highest BCUT2D eigenvalue weighted by Crippen LogP contribution is 2.30. The number of nitrogens with zero attached hydrogens (tertiary/aromatic N) is 4. The quantitative estimate of drug-likeness (QED) is 0.492. The van der Waals surface area contributed by atoms with Crippen LogP contribution in [0, 0.1) is 13.8 Å². The fourth-order valence-electron chi connectivity index (χ4n) is 2.62. The van der Waals surface area contributed by atoms with Crippen LogP contribution in [-0.2, 0) is 0 Å². The molecule has 0 radical (unpaired) electrons. The van der Waals surface area contributed by atoms with E-state index in [-0.39, 0.29) is 0 Å². The van der Waals surface area contributed by atoms with Crippen LogP contribution < -0.4 is 0 Å². The summed E-state index contributed by atoms with van der Waals surface area (Å²) in [5.74, 6) is 0. The number of aromatic nitrogens is 4. The number of rotatable bonds is 3. The van der Waals surface area contributed by atoms with Crippen molar-refractivity contribution in [2.24, 2.45) is 0 Å². The third-order valence-corrected chi connectivity index (χ3v) is 5.09. The standard InChI is InChI=1S/C19H15ClN4S/c1-12-6-8-14(9-7-12)17-11-25-19(21-17)18-13(2)24(23-22-18)16-5-3-4-15(20)10-16/h3-11H,1-2H3. The second kappa shape index (κ2) is 6.43. The van der Waals surface area contributed by atoms with E-state index in [4.69, 9.17) is 16.6 Å². The summed E-state index contributed by atoms with van der Waals surface area (Å²) in [7, 11) is 0. The molecule has 0 aliphatic carbocycles. The first-order valence-electron chi connectivity index (χ1n) is 7.83. The van der Waals surface area contributed by atoms with E-state index < -0.39 is 0 Å². The minimum absolute atomic E-state index is 0.671. The van der Waals surface area contributed by atoms with Gasteiger partial charge in [0.2, 0.25) is 0 Å². The van der Waals surface area contributed by atoms with E-state index in [2.05, 4.69) is 46.9 Å². The molecular weight excluding hydrogens is 352 g/mol. The number of hydrogen-bond donors (Lipinski definition) is 0. The molecule has 2 heterocycles. The Morgan fingerprint density at radius 3 is 2.60 bits per heavy atom. The molecule has 0 N–H and O–H groups in total. The molecular formula is C19H15ClN4S. The van der Waals surface area contributed by atoms with Crippen molar-refractivity contribution in [2.45, 2.75) is 13.8 Å². The molecule has 0 aliphatic rings. The summed E-state index contributed by atoms with van der Waals surface area (Å²) >= 11 is 7.66. The normalized spacial score (nSPS) is 11.0. The van der Waals surface area contributed by atoms with Gasteiger partial charge >= 0.3 is 0 Å². The summed E-state index contributed by atoms with van der Waals surface area (Å²) in [6, 6.07) is 15.9. The van der Waals surface area contributed by atoms with E-state index in [9.17, 15) is 0 Å². The van der Waals surface area contributed by atoms with E-state index in [1.54, 1.807) is 16.0 Å². The second-order valence-electron chi connectivity index (χ2n) is 5.82. The number of thiazole rings is 1. The Kier molecular flexibility index (Phi) is 4.11. The van der Waals surface area contributed by atoms with Crippen LogP contribution in [0.5, 0.6) is 0 Å². The lowest BCUT2D eigenvalue weighted by Crippen LogP contribution is -1.98. The van der Waals surface area contributed by atoms with Gasteiger partial charge in [0.15, 0.2) is 0 Å². The highest BCUT2D eigenvalue weighted by atomic mass is 35.5. The largest absolute Gasteiger partial charge is 0.234 e. The van der Waals surface area contributed by atoms with E-state index >= 15 is 0 Å². The highest BCUT2D eigenvalue weighted by Gasteiger charge is 2.16. The van der Waals surface area contributed by atoms with Crippen LogP contribution in [0.25, 0.3) is 27.6 Å². The van der Waals surface area contributed by atoms with Crippen molar-refractivity contribution in [3.63, 3.8) is 0 Å². The summed E-state index contributed by atoms with van der Waals surface area (Å²) in [4.78, 5) is 4.74. The SMILES string of the molecule is Cc1ccc(-c2csc(-c3nnn(-c4cccc(Cl)c4)c3C)n2)cc1. The third-order valence-electron chi connectivity index (χ3n) is 4.00. The Morgan fingerprint density at radius 2 is 1.84 bits per heavy atom. The number of aryl methyl sites for hydroxylation is 1. The van der Waals surface area contributed by atoms with Gasteiger partial charge in [-0.15, -0.1) is 16.4 Å². The molecule has 6 heteroatoms. The maximum absolute atomic E-state index is 6.08. The predicted octanol–water partition coefficient (Wildman–Crippen LogP) is 5.33. The van der Waals surface area contributed by atoms with Crippen molar-refractivity contribution in [3.05, 3.63) is 70.2 Å². The smallest absolute Gasteiger partial charge is 0.146 e. The van der Waals surface area contributed by atoms with Crippen LogP contribution in [0.2, 0.25) is 5.02 Å². The number of hydrogen-bond acceptors (Lipinski definition) is 4. The van der Waals surface area contributed by atoms with Gasteiger partial charge < -0.3 is 0 Å². The van der Waals surface area contributed by atoms with Gasteiger partial charge in [-0.1, -0.05) is 52.7 Å². The summed E-state index contributed by atoms with van der Waals surface area (Å²) in [6.45, 7) is 4.07. The van der Waals surface area contributed by atoms with E-state index in [1.165, 1.54) is 5.56 Å².